The zero-order chi connectivity index (χ0) is 19.5. The van der Waals surface area contributed by atoms with Gasteiger partial charge in [0.1, 0.15) is 5.76 Å². The van der Waals surface area contributed by atoms with E-state index in [1.807, 2.05) is 0 Å². The molecule has 9 heteroatoms. The third-order valence-corrected chi connectivity index (χ3v) is 3.62. The number of urea groups is 1. The Hall–Kier alpha value is -4.32. The van der Waals surface area contributed by atoms with Crippen molar-refractivity contribution in [1.29, 1.82) is 0 Å². The Morgan fingerprint density at radius 2 is 2.00 bits per heavy atom. The van der Waals surface area contributed by atoms with E-state index in [9.17, 15) is 9.59 Å². The van der Waals surface area contributed by atoms with E-state index in [1.165, 1.54) is 6.20 Å². The zero-order valence-electron chi connectivity index (χ0n) is 14.6. The molecule has 28 heavy (non-hydrogen) atoms. The predicted octanol–water partition coefficient (Wildman–Crippen LogP) is 2.86. The molecule has 3 heterocycles. The van der Waals surface area contributed by atoms with Crippen LogP contribution in [0.25, 0.3) is 11.2 Å². The van der Waals surface area contributed by atoms with Crippen molar-refractivity contribution in [2.45, 2.75) is 6.92 Å². The molecule has 0 spiro atoms. The SMILES string of the molecule is Cc1cc(NC(=O)Nc2cccc(C#Cc3cnc4[nH]c(=O)oc4c3)c2)no1. The van der Waals surface area contributed by atoms with Crippen molar-refractivity contribution in [3.63, 3.8) is 0 Å². The van der Waals surface area contributed by atoms with Gasteiger partial charge in [-0.25, -0.2) is 14.6 Å². The molecule has 4 rings (SSSR count). The molecule has 0 unspecified atom stereocenters. The second-order valence-electron chi connectivity index (χ2n) is 5.82. The molecule has 0 aliphatic carbocycles. The number of nitrogens with one attached hydrogen (secondary N) is 3. The van der Waals surface area contributed by atoms with Crippen molar-refractivity contribution in [3.05, 3.63) is 70.0 Å². The van der Waals surface area contributed by atoms with Crippen LogP contribution < -0.4 is 16.4 Å². The highest BCUT2D eigenvalue weighted by atomic mass is 16.5. The van der Waals surface area contributed by atoms with Crippen LogP contribution >= 0.6 is 0 Å². The van der Waals surface area contributed by atoms with E-state index in [4.69, 9.17) is 8.94 Å². The number of oxazole rings is 1. The highest BCUT2D eigenvalue weighted by molar-refractivity contribution is 5.99. The number of H-pyrrole nitrogens is 1. The number of aromatic amines is 1. The number of amides is 2. The number of fused-ring (bicyclic) bond motifs is 1. The Kier molecular flexibility index (Phi) is 4.35. The Morgan fingerprint density at radius 1 is 1.14 bits per heavy atom. The Morgan fingerprint density at radius 3 is 2.82 bits per heavy atom. The van der Waals surface area contributed by atoms with Gasteiger partial charge in [0, 0.05) is 35.1 Å². The fourth-order valence-corrected chi connectivity index (χ4v) is 2.43. The molecule has 3 aromatic heterocycles. The lowest BCUT2D eigenvalue weighted by Gasteiger charge is -2.05. The monoisotopic (exact) mass is 375 g/mol. The molecule has 0 bridgehead atoms. The van der Waals surface area contributed by atoms with Gasteiger partial charge in [-0.15, -0.1) is 0 Å². The first kappa shape index (κ1) is 17.1. The van der Waals surface area contributed by atoms with Crippen LogP contribution in [0.3, 0.4) is 0 Å². The fraction of sp³-hybridized carbons (Fsp3) is 0.0526. The molecule has 0 aliphatic rings. The van der Waals surface area contributed by atoms with E-state index in [1.54, 1.807) is 43.3 Å². The van der Waals surface area contributed by atoms with Crippen molar-refractivity contribution < 1.29 is 13.7 Å². The average molecular weight is 375 g/mol. The first-order valence-corrected chi connectivity index (χ1v) is 8.17. The smallest absolute Gasteiger partial charge is 0.406 e. The number of anilines is 2. The highest BCUT2D eigenvalue weighted by Gasteiger charge is 2.06. The minimum absolute atomic E-state index is 0.324. The van der Waals surface area contributed by atoms with E-state index < -0.39 is 11.8 Å². The predicted molar refractivity (Wildman–Crippen MR) is 101 cm³/mol. The topological polar surface area (TPSA) is 126 Å². The normalized spacial score (nSPS) is 10.3. The van der Waals surface area contributed by atoms with Crippen LogP contribution in [0.1, 0.15) is 16.9 Å². The van der Waals surface area contributed by atoms with Crippen LogP contribution in [0.5, 0.6) is 0 Å². The van der Waals surface area contributed by atoms with Crippen molar-refractivity contribution in [1.82, 2.24) is 15.1 Å². The average Bonchev–Trinajstić information content (AvgIpc) is 3.23. The number of aryl methyl sites for hydroxylation is 1. The number of rotatable bonds is 2. The van der Waals surface area contributed by atoms with Gasteiger partial charge in [0.05, 0.1) is 0 Å². The lowest BCUT2D eigenvalue weighted by Crippen LogP contribution is -2.19. The van der Waals surface area contributed by atoms with Crippen LogP contribution in [-0.2, 0) is 0 Å². The van der Waals surface area contributed by atoms with Gasteiger partial charge in [-0.05, 0) is 25.1 Å². The van der Waals surface area contributed by atoms with Crippen molar-refractivity contribution >= 4 is 28.8 Å². The van der Waals surface area contributed by atoms with Crippen LogP contribution in [-0.4, -0.2) is 21.2 Å². The summed E-state index contributed by atoms with van der Waals surface area (Å²) < 4.78 is 9.86. The fourth-order valence-electron chi connectivity index (χ4n) is 2.43. The molecule has 0 fully saturated rings. The number of aromatic nitrogens is 3. The summed E-state index contributed by atoms with van der Waals surface area (Å²) in [7, 11) is 0. The summed E-state index contributed by atoms with van der Waals surface area (Å²) >= 11 is 0. The molecule has 138 valence electrons. The Balaban J connectivity index is 1.48. The summed E-state index contributed by atoms with van der Waals surface area (Å²) in [4.78, 5) is 29.7. The lowest BCUT2D eigenvalue weighted by molar-refractivity contribution is 0.262. The molecule has 0 saturated heterocycles. The van der Waals surface area contributed by atoms with E-state index in [-0.39, 0.29) is 0 Å². The van der Waals surface area contributed by atoms with Gasteiger partial charge in [0.15, 0.2) is 17.0 Å². The minimum atomic E-state index is -0.564. The van der Waals surface area contributed by atoms with Gasteiger partial charge in [-0.3, -0.25) is 10.3 Å². The van der Waals surface area contributed by atoms with Gasteiger partial charge in [0.25, 0.3) is 0 Å². The number of nitrogens with zero attached hydrogens (tertiary/aromatic N) is 2. The number of pyridine rings is 1. The van der Waals surface area contributed by atoms with Crippen LogP contribution in [0.4, 0.5) is 16.3 Å². The molecule has 1 aromatic carbocycles. The van der Waals surface area contributed by atoms with Gasteiger partial charge in [-0.2, -0.15) is 0 Å². The van der Waals surface area contributed by atoms with Gasteiger partial charge < -0.3 is 14.3 Å². The maximum atomic E-state index is 12.0. The molecule has 9 nitrogen and oxygen atoms in total. The molecule has 0 atom stereocenters. The number of hydrogen-bond acceptors (Lipinski definition) is 6. The third kappa shape index (κ3) is 3.91. The highest BCUT2D eigenvalue weighted by Crippen LogP contribution is 2.13. The molecule has 0 radical (unpaired) electrons. The zero-order valence-corrected chi connectivity index (χ0v) is 14.6. The summed E-state index contributed by atoms with van der Waals surface area (Å²) in [6.07, 6.45) is 1.54. The molecular weight excluding hydrogens is 362 g/mol. The third-order valence-electron chi connectivity index (χ3n) is 3.62. The first-order chi connectivity index (χ1) is 13.5. The van der Waals surface area contributed by atoms with Crippen LogP contribution in [0.2, 0.25) is 0 Å². The van der Waals surface area contributed by atoms with E-state index in [0.717, 1.165) is 0 Å². The second-order valence-corrected chi connectivity index (χ2v) is 5.82. The van der Waals surface area contributed by atoms with Gasteiger partial charge in [-0.1, -0.05) is 23.1 Å². The molecule has 0 saturated carbocycles. The van der Waals surface area contributed by atoms with Crippen LogP contribution in [0.15, 0.2) is 56.3 Å². The van der Waals surface area contributed by atoms with Crippen molar-refractivity contribution in [2.24, 2.45) is 0 Å². The number of benzene rings is 1. The summed E-state index contributed by atoms with van der Waals surface area (Å²) in [6, 6.07) is 9.83. The van der Waals surface area contributed by atoms with Gasteiger partial charge in [0.2, 0.25) is 0 Å². The molecule has 4 aromatic rings. The first-order valence-electron chi connectivity index (χ1n) is 8.17. The summed E-state index contributed by atoms with van der Waals surface area (Å²) in [5.41, 5.74) is 2.55. The lowest BCUT2D eigenvalue weighted by atomic mass is 10.2. The summed E-state index contributed by atoms with van der Waals surface area (Å²) in [6.45, 7) is 1.73. The van der Waals surface area contributed by atoms with Crippen molar-refractivity contribution in [3.8, 4) is 11.8 Å². The molecule has 3 N–H and O–H groups in total. The Labute approximate surface area is 157 Å². The summed E-state index contributed by atoms with van der Waals surface area (Å²) in [5, 5.41) is 8.97. The number of hydrogen-bond donors (Lipinski definition) is 3. The van der Waals surface area contributed by atoms with E-state index in [0.29, 0.717) is 39.6 Å². The maximum absolute atomic E-state index is 12.0. The largest absolute Gasteiger partial charge is 0.418 e. The van der Waals surface area contributed by atoms with Crippen molar-refractivity contribution in [2.75, 3.05) is 10.6 Å². The van der Waals surface area contributed by atoms with E-state index >= 15 is 0 Å². The second kappa shape index (κ2) is 7.13. The molecular formula is C19H13N5O4. The van der Waals surface area contributed by atoms with Gasteiger partial charge >= 0.3 is 11.8 Å². The standard InChI is InChI=1S/C19H13N5O4/c1-11-7-16(24-28-11)22-18(25)21-14-4-2-3-12(8-14)5-6-13-9-15-17(20-10-13)23-19(26)27-15/h2-4,7-10H,1H3,(H,20,23,26)(H2,21,22,24,25). The molecule has 0 aliphatic heterocycles. The maximum Gasteiger partial charge on any atom is 0.418 e. The summed E-state index contributed by atoms with van der Waals surface area (Å²) in [5.74, 6) is 6.28. The van der Waals surface area contributed by atoms with Crippen LogP contribution in [0, 0.1) is 18.8 Å². The Bertz CT molecular complexity index is 1290. The van der Waals surface area contributed by atoms with E-state index in [2.05, 4.69) is 37.6 Å². The minimum Gasteiger partial charge on any atom is -0.406 e. The molecule has 2 amide bonds. The number of carbonyl (C=O) groups excluding carboxylic acids is 1. The quantitative estimate of drug-likeness (QED) is 0.463. The number of carbonyl (C=O) groups is 1.